The van der Waals surface area contributed by atoms with Gasteiger partial charge in [-0.15, -0.1) is 6.42 Å². The van der Waals surface area contributed by atoms with Crippen LogP contribution in [0, 0.1) is 23.6 Å². The highest BCUT2D eigenvalue weighted by Crippen LogP contribution is 2.40. The second kappa shape index (κ2) is 10.8. The molecule has 4 heterocycles. The first kappa shape index (κ1) is 26.5. The van der Waals surface area contributed by atoms with Crippen molar-refractivity contribution in [3.63, 3.8) is 0 Å². The number of aromatic nitrogens is 2. The summed E-state index contributed by atoms with van der Waals surface area (Å²) in [4.78, 5) is 32.7. The lowest BCUT2D eigenvalue weighted by Gasteiger charge is -2.45. The third-order valence-corrected chi connectivity index (χ3v) is 6.37. The van der Waals surface area contributed by atoms with E-state index in [1.807, 2.05) is 0 Å². The van der Waals surface area contributed by atoms with Gasteiger partial charge in [0.25, 0.3) is 5.91 Å². The van der Waals surface area contributed by atoms with Gasteiger partial charge in [0.1, 0.15) is 0 Å². The number of terminal acetylenes is 1. The minimum Gasteiger partial charge on any atom is -0.492 e. The maximum absolute atomic E-state index is 14.2. The van der Waals surface area contributed by atoms with Crippen molar-refractivity contribution in [3.05, 3.63) is 72.0 Å². The number of hydrogen-bond donors (Lipinski definition) is 3. The number of nitrogens with zero attached hydrogens (tertiary/aromatic N) is 2. The topological polar surface area (TPSA) is 99.3 Å². The van der Waals surface area contributed by atoms with Crippen molar-refractivity contribution in [3.8, 4) is 29.4 Å². The highest BCUT2D eigenvalue weighted by Gasteiger charge is 2.35. The third-order valence-electron chi connectivity index (χ3n) is 6.37. The Labute approximate surface area is 221 Å². The monoisotopic (exact) mass is 515 g/mol. The van der Waals surface area contributed by atoms with E-state index < -0.39 is 5.82 Å². The molecule has 2 amide bonds. The summed E-state index contributed by atoms with van der Waals surface area (Å²) < 4.78 is 19.3. The fraction of sp³-hybridized carbons (Fsp3) is 0.276. The van der Waals surface area contributed by atoms with Crippen LogP contribution >= 0.6 is 0 Å². The summed E-state index contributed by atoms with van der Waals surface area (Å²) in [6, 6.07) is 6.33. The van der Waals surface area contributed by atoms with Gasteiger partial charge in [-0.3, -0.25) is 14.6 Å². The predicted molar refractivity (Wildman–Crippen MR) is 145 cm³/mol. The number of pyridine rings is 1. The number of carbonyl (C=O) groups is 2. The van der Waals surface area contributed by atoms with E-state index in [0.717, 1.165) is 24.3 Å². The number of likely N-dealkylation sites (tertiary alicyclic amines) is 1. The Hall–Kier alpha value is -4.58. The average Bonchev–Trinajstić information content (AvgIpc) is 3.26. The van der Waals surface area contributed by atoms with Crippen LogP contribution in [0.15, 0.2) is 49.3 Å². The molecule has 0 unspecified atom stereocenters. The zero-order valence-electron chi connectivity index (χ0n) is 21.7. The highest BCUT2D eigenvalue weighted by atomic mass is 19.1. The second-order valence-corrected chi connectivity index (χ2v) is 9.81. The lowest BCUT2D eigenvalue weighted by Crippen LogP contribution is -2.54. The van der Waals surface area contributed by atoms with E-state index in [4.69, 9.17) is 11.2 Å². The molecule has 38 heavy (non-hydrogen) atoms. The molecule has 3 N–H and O–H groups in total. The van der Waals surface area contributed by atoms with Crippen LogP contribution in [0.25, 0.3) is 11.3 Å². The fourth-order valence-electron chi connectivity index (χ4n) is 4.66. The molecule has 5 rings (SSSR count). The van der Waals surface area contributed by atoms with Gasteiger partial charge >= 0.3 is 0 Å². The van der Waals surface area contributed by atoms with Gasteiger partial charge in [0.2, 0.25) is 5.91 Å². The van der Waals surface area contributed by atoms with E-state index in [1.165, 1.54) is 19.3 Å². The van der Waals surface area contributed by atoms with Crippen molar-refractivity contribution in [1.82, 2.24) is 20.2 Å². The van der Waals surface area contributed by atoms with Gasteiger partial charge in [0.05, 0.1) is 35.3 Å². The molecule has 1 aromatic carbocycles. The minimum atomic E-state index is -0.504. The number of hydrogen-bond acceptors (Lipinski definition) is 5. The molecule has 1 fully saturated rings. The summed E-state index contributed by atoms with van der Waals surface area (Å²) in [6.07, 6.45) is 10.9. The molecule has 1 saturated heterocycles. The second-order valence-electron chi connectivity index (χ2n) is 9.81. The maximum Gasteiger partial charge on any atom is 0.255 e. The zero-order chi connectivity index (χ0) is 27.4. The zero-order valence-corrected chi connectivity index (χ0v) is 21.7. The van der Waals surface area contributed by atoms with Crippen LogP contribution in [-0.2, 0) is 11.2 Å². The lowest BCUT2D eigenvalue weighted by atomic mass is 9.84. The number of halogens is 1. The molecular formula is C29H30FN5O3. The fourth-order valence-corrected chi connectivity index (χ4v) is 4.66. The molecule has 0 spiro atoms. The molecule has 196 valence electrons. The van der Waals surface area contributed by atoms with Gasteiger partial charge in [0.15, 0.2) is 11.6 Å². The van der Waals surface area contributed by atoms with Gasteiger partial charge < -0.3 is 25.3 Å². The number of H-pyrrole nitrogens is 1. The number of benzene rings is 1. The van der Waals surface area contributed by atoms with Crippen LogP contribution in [0.5, 0.6) is 5.75 Å². The summed E-state index contributed by atoms with van der Waals surface area (Å²) in [5.74, 6) is 2.02. The molecule has 2 aromatic heterocycles. The number of aromatic amines is 1. The Morgan fingerprint density at radius 3 is 2.76 bits per heavy atom. The van der Waals surface area contributed by atoms with Gasteiger partial charge in [-0.25, -0.2) is 4.39 Å². The number of fused-ring (bicyclic) bond motifs is 1. The van der Waals surface area contributed by atoms with Gasteiger partial charge in [-0.2, -0.15) is 0 Å². The molecule has 0 atom stereocenters. The molecular weight excluding hydrogens is 485 g/mol. The van der Waals surface area contributed by atoms with Crippen molar-refractivity contribution >= 4 is 23.2 Å². The smallest absolute Gasteiger partial charge is 0.255 e. The Kier molecular flexibility index (Phi) is 7.53. The highest BCUT2D eigenvalue weighted by molar-refractivity contribution is 6.06. The third kappa shape index (κ3) is 5.25. The van der Waals surface area contributed by atoms with Crippen molar-refractivity contribution < 1.29 is 18.7 Å². The number of para-hydroxylation sites is 1. The number of nitrogens with one attached hydrogen (secondary N) is 3. The minimum absolute atomic E-state index is 0.0549. The Balaban J connectivity index is 0.000000283. The van der Waals surface area contributed by atoms with Crippen LogP contribution in [-0.4, -0.2) is 53.4 Å². The largest absolute Gasteiger partial charge is 0.492 e. The maximum atomic E-state index is 14.2. The summed E-state index contributed by atoms with van der Waals surface area (Å²) in [6.45, 7) is 10.0. The van der Waals surface area contributed by atoms with E-state index in [2.05, 4.69) is 46.9 Å². The molecule has 3 aromatic rings. The quantitative estimate of drug-likeness (QED) is 0.348. The van der Waals surface area contributed by atoms with E-state index in [0.29, 0.717) is 46.6 Å². The summed E-state index contributed by atoms with van der Waals surface area (Å²) in [5.41, 5.74) is 4.46. The molecule has 0 bridgehead atoms. The van der Waals surface area contributed by atoms with Crippen molar-refractivity contribution in [2.45, 2.75) is 20.3 Å². The van der Waals surface area contributed by atoms with E-state index >= 15 is 0 Å². The van der Waals surface area contributed by atoms with E-state index in [-0.39, 0.29) is 17.6 Å². The van der Waals surface area contributed by atoms with Crippen LogP contribution in [0.1, 0.15) is 35.5 Å². The Bertz CT molecular complexity index is 1430. The SMILES string of the molecule is C#Cc1cnccc1-c1[nH]c2c(c1Nc1cccc(F)c1OC)C(=O)NCC2.C=CC(=O)N1CC(C)(C)C1. The van der Waals surface area contributed by atoms with Crippen LogP contribution in [0.2, 0.25) is 0 Å². The van der Waals surface area contributed by atoms with Gasteiger partial charge in [-0.05, 0) is 29.7 Å². The van der Waals surface area contributed by atoms with Crippen molar-refractivity contribution in [2.24, 2.45) is 5.41 Å². The van der Waals surface area contributed by atoms with Crippen molar-refractivity contribution in [1.29, 1.82) is 0 Å². The molecule has 0 saturated carbocycles. The number of methoxy groups -OCH3 is 1. The molecule has 2 aliphatic rings. The molecule has 0 aliphatic carbocycles. The van der Waals surface area contributed by atoms with Crippen LogP contribution in [0.3, 0.4) is 0 Å². The summed E-state index contributed by atoms with van der Waals surface area (Å²) in [7, 11) is 1.39. The summed E-state index contributed by atoms with van der Waals surface area (Å²) in [5, 5.41) is 6.02. The first-order valence-corrected chi connectivity index (χ1v) is 12.1. The number of carbonyl (C=O) groups excluding carboxylic acids is 2. The normalized spacial score (nSPS) is 15.0. The van der Waals surface area contributed by atoms with Crippen LogP contribution < -0.4 is 15.4 Å². The average molecular weight is 516 g/mol. The number of rotatable bonds is 5. The predicted octanol–water partition coefficient (Wildman–Crippen LogP) is 4.28. The number of ether oxygens (including phenoxy) is 1. The number of anilines is 2. The first-order valence-electron chi connectivity index (χ1n) is 12.1. The Morgan fingerprint density at radius 1 is 1.34 bits per heavy atom. The number of amides is 2. The first-order chi connectivity index (χ1) is 18.2. The van der Waals surface area contributed by atoms with Gasteiger partial charge in [0, 0.05) is 49.7 Å². The lowest BCUT2D eigenvalue weighted by molar-refractivity contribution is -0.135. The molecule has 8 nitrogen and oxygen atoms in total. The van der Waals surface area contributed by atoms with Gasteiger partial charge in [-0.1, -0.05) is 32.4 Å². The molecule has 9 heteroatoms. The van der Waals surface area contributed by atoms with E-state index in [9.17, 15) is 14.0 Å². The molecule has 2 aliphatic heterocycles. The standard InChI is InChI=1S/C21H17FN4O2.C8H13NO/c1-3-12-11-23-9-7-13(12)18-19(17-15(25-18)8-10-24-21(17)27)26-16-6-4-5-14(22)20(16)28-2;1-4-7(10)9-5-8(2,3)6-9/h1,4-7,9,11,25-26H,8,10H2,2H3,(H,24,27);4H,1,5-6H2,2-3H3. The van der Waals surface area contributed by atoms with E-state index in [1.54, 1.807) is 35.5 Å². The van der Waals surface area contributed by atoms with Crippen molar-refractivity contribution in [2.75, 3.05) is 32.1 Å². The summed E-state index contributed by atoms with van der Waals surface area (Å²) >= 11 is 0. The Morgan fingerprint density at radius 2 is 2.11 bits per heavy atom. The molecule has 0 radical (unpaired) electrons. The van der Waals surface area contributed by atoms with Crippen LogP contribution in [0.4, 0.5) is 15.8 Å².